The molecule has 3 heteroatoms. The van der Waals surface area contributed by atoms with Crippen LogP contribution in [-0.4, -0.2) is 13.4 Å². The van der Waals surface area contributed by atoms with Gasteiger partial charge in [-0.3, -0.25) is 0 Å². The van der Waals surface area contributed by atoms with Gasteiger partial charge in [0, 0.05) is 4.90 Å². The fourth-order valence-corrected chi connectivity index (χ4v) is 2.41. The Balaban J connectivity index is 1.99. The minimum atomic E-state index is 0.571. The molecule has 2 rings (SSSR count). The summed E-state index contributed by atoms with van der Waals surface area (Å²) in [5, 5.41) is 0. The molecule has 0 radical (unpaired) electrons. The number of hydrogen-bond donors (Lipinski definition) is 0. The molecule has 19 heavy (non-hydrogen) atoms. The third-order valence-electron chi connectivity index (χ3n) is 2.93. The summed E-state index contributed by atoms with van der Waals surface area (Å²) in [6.45, 7) is 2.67. The summed E-state index contributed by atoms with van der Waals surface area (Å²) in [5.74, 6) is 1.77. The lowest BCUT2D eigenvalue weighted by atomic mass is 10.2. The van der Waals surface area contributed by atoms with Gasteiger partial charge in [0.05, 0.1) is 7.11 Å². The van der Waals surface area contributed by atoms with Gasteiger partial charge in [-0.2, -0.15) is 0 Å². The molecule has 0 aliphatic carbocycles. The Morgan fingerprint density at radius 3 is 2.26 bits per heavy atom. The van der Waals surface area contributed by atoms with Crippen molar-refractivity contribution in [3.8, 4) is 11.5 Å². The summed E-state index contributed by atoms with van der Waals surface area (Å²) in [5.41, 5.74) is 2.38. The van der Waals surface area contributed by atoms with E-state index in [0.717, 1.165) is 17.1 Å². The van der Waals surface area contributed by atoms with E-state index in [-0.39, 0.29) is 0 Å². The molecule has 0 amide bonds. The van der Waals surface area contributed by atoms with E-state index >= 15 is 0 Å². The van der Waals surface area contributed by atoms with Crippen molar-refractivity contribution in [2.45, 2.75) is 18.4 Å². The highest BCUT2D eigenvalue weighted by atomic mass is 32.2. The topological polar surface area (TPSA) is 18.5 Å². The van der Waals surface area contributed by atoms with E-state index in [1.54, 1.807) is 18.9 Å². The van der Waals surface area contributed by atoms with Crippen LogP contribution in [0.4, 0.5) is 0 Å². The molecular formula is C16H18O2S. The summed E-state index contributed by atoms with van der Waals surface area (Å²) < 4.78 is 10.9. The highest BCUT2D eigenvalue weighted by Crippen LogP contribution is 2.24. The van der Waals surface area contributed by atoms with Crippen LogP contribution in [0.25, 0.3) is 0 Å². The number of ether oxygens (including phenoxy) is 2. The van der Waals surface area contributed by atoms with E-state index in [0.29, 0.717) is 6.61 Å². The number of rotatable bonds is 5. The minimum absolute atomic E-state index is 0.571. The molecule has 0 aliphatic rings. The molecule has 0 N–H and O–H groups in total. The minimum Gasteiger partial charge on any atom is -0.497 e. The van der Waals surface area contributed by atoms with Crippen molar-refractivity contribution in [1.29, 1.82) is 0 Å². The summed E-state index contributed by atoms with van der Waals surface area (Å²) in [6.07, 6.45) is 2.08. The predicted octanol–water partition coefficient (Wildman–Crippen LogP) is 4.30. The van der Waals surface area contributed by atoms with E-state index in [4.69, 9.17) is 9.47 Å². The Kier molecular flexibility index (Phi) is 4.74. The molecule has 0 heterocycles. The summed E-state index contributed by atoms with van der Waals surface area (Å²) in [6, 6.07) is 14.1. The van der Waals surface area contributed by atoms with Gasteiger partial charge in [-0.05, 0) is 54.6 Å². The second kappa shape index (κ2) is 6.53. The van der Waals surface area contributed by atoms with Gasteiger partial charge in [0.25, 0.3) is 0 Å². The Morgan fingerprint density at radius 2 is 1.68 bits per heavy atom. The smallest absolute Gasteiger partial charge is 0.120 e. The van der Waals surface area contributed by atoms with Crippen molar-refractivity contribution >= 4 is 11.8 Å². The number of thioether (sulfide) groups is 1. The standard InChI is InChI=1S/C16H18O2S/c1-12-10-15(8-9-16(12)19-3)18-11-13-4-6-14(17-2)7-5-13/h4-10H,11H2,1-3H3. The highest BCUT2D eigenvalue weighted by molar-refractivity contribution is 7.98. The summed E-state index contributed by atoms with van der Waals surface area (Å²) >= 11 is 1.75. The third kappa shape index (κ3) is 3.67. The maximum Gasteiger partial charge on any atom is 0.120 e. The van der Waals surface area contributed by atoms with E-state index in [2.05, 4.69) is 25.3 Å². The van der Waals surface area contributed by atoms with Crippen LogP contribution in [0.15, 0.2) is 47.4 Å². The van der Waals surface area contributed by atoms with Crippen molar-refractivity contribution in [3.05, 3.63) is 53.6 Å². The van der Waals surface area contributed by atoms with E-state index in [1.165, 1.54) is 10.5 Å². The van der Waals surface area contributed by atoms with Gasteiger partial charge in [0.15, 0.2) is 0 Å². The largest absolute Gasteiger partial charge is 0.497 e. The predicted molar refractivity (Wildman–Crippen MR) is 80.3 cm³/mol. The molecule has 2 aromatic rings. The molecule has 0 bridgehead atoms. The quantitative estimate of drug-likeness (QED) is 0.757. The molecule has 0 spiro atoms. The number of benzene rings is 2. The lowest BCUT2D eigenvalue weighted by Crippen LogP contribution is -1.96. The Hall–Kier alpha value is -1.61. The fraction of sp³-hybridized carbons (Fsp3) is 0.250. The maximum atomic E-state index is 5.80. The van der Waals surface area contributed by atoms with Crippen LogP contribution < -0.4 is 9.47 Å². The van der Waals surface area contributed by atoms with Crippen molar-refractivity contribution in [1.82, 2.24) is 0 Å². The van der Waals surface area contributed by atoms with Crippen LogP contribution in [-0.2, 0) is 6.61 Å². The Morgan fingerprint density at radius 1 is 1.00 bits per heavy atom. The van der Waals surface area contributed by atoms with Crippen molar-refractivity contribution < 1.29 is 9.47 Å². The molecule has 0 saturated carbocycles. The van der Waals surface area contributed by atoms with Gasteiger partial charge in [-0.1, -0.05) is 12.1 Å². The van der Waals surface area contributed by atoms with Crippen LogP contribution in [0.3, 0.4) is 0 Å². The summed E-state index contributed by atoms with van der Waals surface area (Å²) in [7, 11) is 1.67. The molecule has 0 aliphatic heterocycles. The molecule has 0 aromatic heterocycles. The van der Waals surface area contributed by atoms with Crippen LogP contribution in [0.2, 0.25) is 0 Å². The fourth-order valence-electron chi connectivity index (χ4n) is 1.83. The second-order valence-corrected chi connectivity index (χ2v) is 5.12. The van der Waals surface area contributed by atoms with Crippen molar-refractivity contribution in [2.24, 2.45) is 0 Å². The number of methoxy groups -OCH3 is 1. The lowest BCUT2D eigenvalue weighted by molar-refractivity contribution is 0.305. The van der Waals surface area contributed by atoms with Gasteiger partial charge < -0.3 is 9.47 Å². The van der Waals surface area contributed by atoms with Gasteiger partial charge in [0.1, 0.15) is 18.1 Å². The molecule has 0 saturated heterocycles. The molecule has 2 aromatic carbocycles. The molecule has 100 valence electrons. The van der Waals surface area contributed by atoms with Crippen LogP contribution in [0.1, 0.15) is 11.1 Å². The van der Waals surface area contributed by atoms with Gasteiger partial charge >= 0.3 is 0 Å². The van der Waals surface area contributed by atoms with Gasteiger partial charge in [0.2, 0.25) is 0 Å². The SMILES string of the molecule is COc1ccc(COc2ccc(SC)c(C)c2)cc1. The van der Waals surface area contributed by atoms with Crippen LogP contribution >= 0.6 is 11.8 Å². The van der Waals surface area contributed by atoms with E-state index < -0.39 is 0 Å². The zero-order valence-corrected chi connectivity index (χ0v) is 12.3. The van der Waals surface area contributed by atoms with Crippen LogP contribution in [0.5, 0.6) is 11.5 Å². The lowest BCUT2D eigenvalue weighted by Gasteiger charge is -2.09. The first-order chi connectivity index (χ1) is 9.22. The molecule has 0 fully saturated rings. The normalized spacial score (nSPS) is 10.3. The first-order valence-electron chi connectivity index (χ1n) is 6.13. The molecule has 0 unspecified atom stereocenters. The average molecular weight is 274 g/mol. The van der Waals surface area contributed by atoms with Crippen molar-refractivity contribution in [3.63, 3.8) is 0 Å². The summed E-state index contributed by atoms with van der Waals surface area (Å²) in [4.78, 5) is 1.29. The second-order valence-electron chi connectivity index (χ2n) is 4.27. The first kappa shape index (κ1) is 13.8. The number of aryl methyl sites for hydroxylation is 1. The third-order valence-corrected chi connectivity index (χ3v) is 3.83. The van der Waals surface area contributed by atoms with Gasteiger partial charge in [-0.25, -0.2) is 0 Å². The number of hydrogen-bond acceptors (Lipinski definition) is 3. The van der Waals surface area contributed by atoms with Crippen molar-refractivity contribution in [2.75, 3.05) is 13.4 Å². The van der Waals surface area contributed by atoms with E-state index in [9.17, 15) is 0 Å². The maximum absolute atomic E-state index is 5.80. The monoisotopic (exact) mass is 274 g/mol. The Bertz CT molecular complexity index is 535. The molecular weight excluding hydrogens is 256 g/mol. The van der Waals surface area contributed by atoms with E-state index in [1.807, 2.05) is 30.3 Å². The Labute approximate surface area is 118 Å². The average Bonchev–Trinajstić information content (AvgIpc) is 2.46. The van der Waals surface area contributed by atoms with Gasteiger partial charge in [-0.15, -0.1) is 11.8 Å². The molecule has 2 nitrogen and oxygen atoms in total. The highest BCUT2D eigenvalue weighted by Gasteiger charge is 2.01. The molecule has 0 atom stereocenters. The zero-order valence-electron chi connectivity index (χ0n) is 11.5. The zero-order chi connectivity index (χ0) is 13.7. The van der Waals surface area contributed by atoms with Crippen LogP contribution in [0, 0.1) is 6.92 Å². The first-order valence-corrected chi connectivity index (χ1v) is 7.36.